The Labute approximate surface area is 130 Å². The van der Waals surface area contributed by atoms with Crippen LogP contribution in [0.15, 0.2) is 18.2 Å². The minimum atomic E-state index is -0.738. The number of nitrogens with zero attached hydrogens (tertiary/aromatic N) is 1. The molecule has 1 aromatic heterocycles. The highest BCUT2D eigenvalue weighted by Gasteiger charge is 2.29. The van der Waals surface area contributed by atoms with E-state index in [0.717, 1.165) is 0 Å². The number of rotatable bonds is 4. The van der Waals surface area contributed by atoms with E-state index < -0.39 is 23.5 Å². The van der Waals surface area contributed by atoms with Crippen molar-refractivity contribution in [1.82, 2.24) is 10.3 Å². The van der Waals surface area contributed by atoms with Crippen LogP contribution < -0.4 is 5.32 Å². The second-order valence-electron chi connectivity index (χ2n) is 6.07. The number of carbonyl (C=O) groups is 2. The number of esters is 1. The molecule has 116 valence electrons. The molecule has 1 amide bonds. The van der Waals surface area contributed by atoms with Crippen molar-refractivity contribution in [3.05, 3.63) is 29.0 Å². The lowest BCUT2D eigenvalue weighted by molar-refractivity contribution is -0.158. The van der Waals surface area contributed by atoms with Gasteiger partial charge in [-0.15, -0.1) is 0 Å². The largest absolute Gasteiger partial charge is 0.458 e. The molecular weight excluding hydrogens is 292 g/mol. The van der Waals surface area contributed by atoms with E-state index in [2.05, 4.69) is 10.3 Å². The summed E-state index contributed by atoms with van der Waals surface area (Å²) < 4.78 is 5.32. The maximum Gasteiger partial charge on any atom is 0.329 e. The van der Waals surface area contributed by atoms with Crippen LogP contribution in [0.4, 0.5) is 0 Å². The zero-order valence-corrected chi connectivity index (χ0v) is 13.7. The number of ether oxygens (including phenoxy) is 1. The van der Waals surface area contributed by atoms with Crippen LogP contribution in [-0.4, -0.2) is 28.5 Å². The molecule has 0 saturated heterocycles. The molecule has 1 heterocycles. The van der Waals surface area contributed by atoms with Crippen molar-refractivity contribution in [2.24, 2.45) is 5.92 Å². The Kier molecular flexibility index (Phi) is 5.72. The van der Waals surface area contributed by atoms with Crippen molar-refractivity contribution in [2.45, 2.75) is 46.3 Å². The summed E-state index contributed by atoms with van der Waals surface area (Å²) in [5, 5.41) is 2.87. The standard InChI is InChI=1S/C15H21ClN2O3/c1-9(2)12(14(20)21-15(3,4)5)18-13(19)10-7-6-8-11(16)17-10/h6-9,12H,1-5H3,(H,18,19)/t12-/m1/s1. The molecule has 0 aliphatic heterocycles. The fourth-order valence-corrected chi connectivity index (χ4v) is 1.78. The highest BCUT2D eigenvalue weighted by molar-refractivity contribution is 6.29. The number of hydrogen-bond acceptors (Lipinski definition) is 4. The van der Waals surface area contributed by atoms with Gasteiger partial charge < -0.3 is 10.1 Å². The van der Waals surface area contributed by atoms with Crippen molar-refractivity contribution in [3.63, 3.8) is 0 Å². The topological polar surface area (TPSA) is 68.3 Å². The summed E-state index contributed by atoms with van der Waals surface area (Å²) in [4.78, 5) is 28.2. The lowest BCUT2D eigenvalue weighted by Crippen LogP contribution is -2.47. The van der Waals surface area contributed by atoms with Crippen LogP contribution in [-0.2, 0) is 9.53 Å². The quantitative estimate of drug-likeness (QED) is 0.685. The smallest absolute Gasteiger partial charge is 0.329 e. The van der Waals surface area contributed by atoms with Crippen LogP contribution in [0.5, 0.6) is 0 Å². The first-order valence-corrected chi connectivity index (χ1v) is 7.14. The van der Waals surface area contributed by atoms with Crippen LogP contribution in [0.3, 0.4) is 0 Å². The van der Waals surface area contributed by atoms with Gasteiger partial charge in [0.05, 0.1) is 0 Å². The molecule has 5 nitrogen and oxygen atoms in total. The molecule has 1 N–H and O–H groups in total. The Morgan fingerprint density at radius 1 is 1.29 bits per heavy atom. The molecule has 6 heteroatoms. The number of carbonyl (C=O) groups excluding carboxylic acids is 2. The molecule has 0 unspecified atom stereocenters. The van der Waals surface area contributed by atoms with E-state index in [1.165, 1.54) is 6.07 Å². The van der Waals surface area contributed by atoms with Crippen LogP contribution >= 0.6 is 11.6 Å². The van der Waals surface area contributed by atoms with Gasteiger partial charge in [-0.3, -0.25) is 4.79 Å². The maximum atomic E-state index is 12.2. The van der Waals surface area contributed by atoms with Gasteiger partial charge >= 0.3 is 5.97 Å². The van der Waals surface area contributed by atoms with E-state index in [-0.39, 0.29) is 16.8 Å². The van der Waals surface area contributed by atoms with Crippen molar-refractivity contribution in [3.8, 4) is 0 Å². The molecule has 1 atom stereocenters. The van der Waals surface area contributed by atoms with E-state index in [1.807, 2.05) is 13.8 Å². The molecule has 0 saturated carbocycles. The lowest BCUT2D eigenvalue weighted by atomic mass is 10.0. The number of halogens is 1. The zero-order valence-electron chi connectivity index (χ0n) is 12.9. The van der Waals surface area contributed by atoms with E-state index in [9.17, 15) is 9.59 Å². The summed E-state index contributed by atoms with van der Waals surface area (Å²) >= 11 is 5.75. The summed E-state index contributed by atoms with van der Waals surface area (Å²) in [5.41, 5.74) is -0.444. The van der Waals surface area contributed by atoms with Gasteiger partial charge in [-0.05, 0) is 38.8 Å². The third-order valence-electron chi connectivity index (χ3n) is 2.56. The molecule has 21 heavy (non-hydrogen) atoms. The molecule has 0 fully saturated rings. The Balaban J connectivity index is 2.84. The van der Waals surface area contributed by atoms with Crippen molar-refractivity contribution < 1.29 is 14.3 Å². The summed E-state index contributed by atoms with van der Waals surface area (Å²) in [5.74, 6) is -1.03. The molecule has 0 aliphatic carbocycles. The fourth-order valence-electron chi connectivity index (χ4n) is 1.61. The number of pyridine rings is 1. The van der Waals surface area contributed by atoms with Crippen molar-refractivity contribution >= 4 is 23.5 Å². The van der Waals surface area contributed by atoms with Crippen LogP contribution in [0, 0.1) is 5.92 Å². The van der Waals surface area contributed by atoms with Crippen molar-refractivity contribution in [1.29, 1.82) is 0 Å². The summed E-state index contributed by atoms with van der Waals surface area (Å²) in [6, 6.07) is 4.00. The van der Waals surface area contributed by atoms with E-state index in [0.29, 0.717) is 0 Å². The molecule has 0 spiro atoms. The van der Waals surface area contributed by atoms with Gasteiger partial charge in [-0.25, -0.2) is 9.78 Å². The van der Waals surface area contributed by atoms with E-state index in [4.69, 9.17) is 16.3 Å². The summed E-state index contributed by atoms with van der Waals surface area (Å²) in [6.07, 6.45) is 0. The number of aromatic nitrogens is 1. The average molecular weight is 313 g/mol. The Morgan fingerprint density at radius 2 is 1.90 bits per heavy atom. The van der Waals surface area contributed by atoms with Crippen LogP contribution in [0.25, 0.3) is 0 Å². The third-order valence-corrected chi connectivity index (χ3v) is 2.77. The Morgan fingerprint density at radius 3 is 2.38 bits per heavy atom. The van der Waals surface area contributed by atoms with Gasteiger partial charge in [-0.1, -0.05) is 31.5 Å². The van der Waals surface area contributed by atoms with Gasteiger partial charge in [0.2, 0.25) is 0 Å². The first-order valence-electron chi connectivity index (χ1n) is 6.76. The second kappa shape index (κ2) is 6.89. The van der Waals surface area contributed by atoms with Gasteiger partial charge in [0.25, 0.3) is 5.91 Å². The Bertz CT molecular complexity index is 524. The lowest BCUT2D eigenvalue weighted by Gasteiger charge is -2.26. The highest BCUT2D eigenvalue weighted by atomic mass is 35.5. The number of nitrogens with one attached hydrogen (secondary N) is 1. The first-order chi connectivity index (χ1) is 9.60. The number of hydrogen-bond donors (Lipinski definition) is 1. The average Bonchev–Trinajstić information content (AvgIpc) is 2.32. The minimum absolute atomic E-state index is 0.108. The molecule has 1 rings (SSSR count). The highest BCUT2D eigenvalue weighted by Crippen LogP contribution is 2.13. The molecular formula is C15H21ClN2O3. The predicted molar refractivity (Wildman–Crippen MR) is 81.2 cm³/mol. The first kappa shape index (κ1) is 17.4. The monoisotopic (exact) mass is 312 g/mol. The van der Waals surface area contributed by atoms with E-state index in [1.54, 1.807) is 32.9 Å². The minimum Gasteiger partial charge on any atom is -0.458 e. The summed E-state index contributed by atoms with van der Waals surface area (Å²) in [7, 11) is 0. The van der Waals surface area contributed by atoms with Gasteiger partial charge in [-0.2, -0.15) is 0 Å². The normalized spacial score (nSPS) is 12.9. The van der Waals surface area contributed by atoms with Gasteiger partial charge in [0, 0.05) is 0 Å². The fraction of sp³-hybridized carbons (Fsp3) is 0.533. The van der Waals surface area contributed by atoms with Crippen molar-refractivity contribution in [2.75, 3.05) is 0 Å². The molecule has 0 radical (unpaired) electrons. The van der Waals surface area contributed by atoms with Crippen LogP contribution in [0.1, 0.15) is 45.1 Å². The SMILES string of the molecule is CC(C)[C@@H](NC(=O)c1cccc(Cl)n1)C(=O)OC(C)(C)C. The molecule has 0 aliphatic rings. The molecule has 1 aromatic rings. The third kappa shape index (κ3) is 5.71. The second-order valence-corrected chi connectivity index (χ2v) is 6.46. The van der Waals surface area contributed by atoms with E-state index >= 15 is 0 Å². The zero-order chi connectivity index (χ0) is 16.2. The predicted octanol–water partition coefficient (Wildman–Crippen LogP) is 2.83. The Hall–Kier alpha value is -1.62. The van der Waals surface area contributed by atoms with Gasteiger partial charge in [0.15, 0.2) is 0 Å². The van der Waals surface area contributed by atoms with Crippen LogP contribution in [0.2, 0.25) is 5.15 Å². The van der Waals surface area contributed by atoms with Gasteiger partial charge in [0.1, 0.15) is 22.5 Å². The molecule has 0 bridgehead atoms. The molecule has 0 aromatic carbocycles. The number of amides is 1. The summed E-state index contributed by atoms with van der Waals surface area (Å²) in [6.45, 7) is 9.01. The maximum absolute atomic E-state index is 12.2.